The molecule has 1 aromatic carbocycles. The Bertz CT molecular complexity index is 789. The number of methoxy groups -OCH3 is 1. The summed E-state index contributed by atoms with van der Waals surface area (Å²) < 4.78 is 5.37. The topological polar surface area (TPSA) is 79.7 Å². The number of hydrogen-bond acceptors (Lipinski definition) is 5. The number of carboxylic acids is 1. The average molecular weight is 374 g/mol. The van der Waals surface area contributed by atoms with Gasteiger partial charge in [0.25, 0.3) is 5.91 Å². The first-order chi connectivity index (χ1) is 12.6. The lowest BCUT2D eigenvalue weighted by molar-refractivity contribution is -0.137. The van der Waals surface area contributed by atoms with Crippen LogP contribution in [0.4, 0.5) is 0 Å². The smallest absolute Gasteiger partial charge is 0.303 e. The van der Waals surface area contributed by atoms with Crippen molar-refractivity contribution >= 4 is 23.2 Å². The summed E-state index contributed by atoms with van der Waals surface area (Å²) in [4.78, 5) is 30.2. The minimum absolute atomic E-state index is 0.0243. The minimum atomic E-state index is -0.824. The molecule has 1 N–H and O–H groups in total. The lowest BCUT2D eigenvalue weighted by Crippen LogP contribution is -2.44. The van der Waals surface area contributed by atoms with Gasteiger partial charge in [-0.25, -0.2) is 4.98 Å². The number of rotatable bonds is 6. The van der Waals surface area contributed by atoms with Gasteiger partial charge in [-0.05, 0) is 37.8 Å². The van der Waals surface area contributed by atoms with Gasteiger partial charge in [0.2, 0.25) is 0 Å². The molecule has 0 spiro atoms. The first-order valence-electron chi connectivity index (χ1n) is 8.72. The van der Waals surface area contributed by atoms with Crippen molar-refractivity contribution in [2.45, 2.75) is 38.1 Å². The second-order valence-electron chi connectivity index (χ2n) is 6.32. The number of aliphatic carboxylic acids is 1. The van der Waals surface area contributed by atoms with Crippen LogP contribution >= 0.6 is 11.3 Å². The zero-order chi connectivity index (χ0) is 18.5. The van der Waals surface area contributed by atoms with Crippen molar-refractivity contribution in [2.75, 3.05) is 13.7 Å². The number of ether oxygens (including phenoxy) is 1. The fraction of sp³-hybridized carbons (Fsp3) is 0.421. The number of carbonyl (C=O) groups excluding carboxylic acids is 1. The summed E-state index contributed by atoms with van der Waals surface area (Å²) in [6, 6.07) is 7.56. The number of nitrogens with zero attached hydrogens (tertiary/aromatic N) is 2. The van der Waals surface area contributed by atoms with Crippen molar-refractivity contribution in [3.8, 4) is 16.3 Å². The van der Waals surface area contributed by atoms with Crippen LogP contribution in [-0.4, -0.2) is 46.6 Å². The van der Waals surface area contributed by atoms with Gasteiger partial charge in [-0.3, -0.25) is 9.59 Å². The summed E-state index contributed by atoms with van der Waals surface area (Å²) in [5.41, 5.74) is 1.28. The van der Waals surface area contributed by atoms with E-state index in [0.29, 0.717) is 18.7 Å². The summed E-state index contributed by atoms with van der Waals surface area (Å²) in [5, 5.41) is 11.5. The number of amides is 1. The van der Waals surface area contributed by atoms with Gasteiger partial charge in [0.15, 0.2) is 0 Å². The number of likely N-dealkylation sites (tertiary alicyclic amines) is 1. The fourth-order valence-electron chi connectivity index (χ4n) is 3.32. The molecule has 0 saturated carbocycles. The van der Waals surface area contributed by atoms with E-state index in [1.54, 1.807) is 17.4 Å². The van der Waals surface area contributed by atoms with Crippen LogP contribution in [0.2, 0.25) is 0 Å². The molecule has 1 aliphatic rings. The van der Waals surface area contributed by atoms with E-state index in [9.17, 15) is 9.59 Å². The Morgan fingerprint density at radius 3 is 2.92 bits per heavy atom. The molecular weight excluding hydrogens is 352 g/mol. The van der Waals surface area contributed by atoms with Crippen LogP contribution < -0.4 is 4.74 Å². The molecule has 2 heterocycles. The maximum atomic E-state index is 12.9. The number of aromatic nitrogens is 1. The van der Waals surface area contributed by atoms with Gasteiger partial charge in [-0.1, -0.05) is 12.1 Å². The van der Waals surface area contributed by atoms with Crippen LogP contribution in [0.5, 0.6) is 5.75 Å². The molecule has 1 unspecified atom stereocenters. The molecule has 0 bridgehead atoms. The van der Waals surface area contributed by atoms with Crippen molar-refractivity contribution < 1.29 is 19.4 Å². The molecule has 0 aliphatic carbocycles. The van der Waals surface area contributed by atoms with Crippen LogP contribution in [-0.2, 0) is 4.79 Å². The van der Waals surface area contributed by atoms with Crippen molar-refractivity contribution in [3.05, 3.63) is 35.3 Å². The summed E-state index contributed by atoms with van der Waals surface area (Å²) >= 11 is 1.41. The third kappa shape index (κ3) is 4.04. The van der Waals surface area contributed by atoms with Gasteiger partial charge in [-0.2, -0.15) is 0 Å². The van der Waals surface area contributed by atoms with Gasteiger partial charge in [-0.15, -0.1) is 11.3 Å². The third-order valence-electron chi connectivity index (χ3n) is 4.64. The predicted octanol–water partition coefficient (Wildman–Crippen LogP) is 3.68. The molecule has 1 aliphatic heterocycles. The van der Waals surface area contributed by atoms with Crippen LogP contribution in [0.25, 0.3) is 10.6 Å². The normalized spacial score (nSPS) is 17.1. The van der Waals surface area contributed by atoms with E-state index < -0.39 is 5.97 Å². The Labute approximate surface area is 156 Å². The Morgan fingerprint density at radius 2 is 2.15 bits per heavy atom. The molecule has 0 radical (unpaired) electrons. The highest BCUT2D eigenvalue weighted by Crippen LogP contribution is 2.32. The van der Waals surface area contributed by atoms with E-state index in [1.807, 2.05) is 24.3 Å². The standard InChI is InChI=1S/C19H22N2O4S/c1-25-16-8-3-2-7-14(16)18-20-15(12-26-18)19(24)21-11-5-4-6-13(21)9-10-17(22)23/h2-3,7-8,12-13H,4-6,9-11H2,1H3,(H,22,23). The predicted molar refractivity (Wildman–Crippen MR) is 99.6 cm³/mol. The monoisotopic (exact) mass is 374 g/mol. The van der Waals surface area contributed by atoms with Gasteiger partial charge < -0.3 is 14.7 Å². The van der Waals surface area contributed by atoms with Gasteiger partial charge in [0.1, 0.15) is 16.5 Å². The zero-order valence-electron chi connectivity index (χ0n) is 14.7. The lowest BCUT2D eigenvalue weighted by atomic mass is 9.97. The van der Waals surface area contributed by atoms with E-state index in [-0.39, 0.29) is 18.4 Å². The highest BCUT2D eigenvalue weighted by molar-refractivity contribution is 7.13. The quantitative estimate of drug-likeness (QED) is 0.834. The number of benzene rings is 1. The molecular formula is C19H22N2O4S. The largest absolute Gasteiger partial charge is 0.496 e. The van der Waals surface area contributed by atoms with Crippen molar-refractivity contribution in [1.29, 1.82) is 0 Å². The maximum Gasteiger partial charge on any atom is 0.303 e. The summed E-state index contributed by atoms with van der Waals surface area (Å²) in [6.45, 7) is 0.657. The molecule has 6 nitrogen and oxygen atoms in total. The molecule has 138 valence electrons. The second kappa shape index (κ2) is 8.31. The van der Waals surface area contributed by atoms with Gasteiger partial charge >= 0.3 is 5.97 Å². The summed E-state index contributed by atoms with van der Waals surface area (Å²) in [7, 11) is 1.61. The third-order valence-corrected chi connectivity index (χ3v) is 5.52. The van der Waals surface area contributed by atoms with E-state index in [2.05, 4.69) is 4.98 Å². The molecule has 26 heavy (non-hydrogen) atoms. The van der Waals surface area contributed by atoms with Crippen LogP contribution in [0.15, 0.2) is 29.6 Å². The number of hydrogen-bond donors (Lipinski definition) is 1. The number of carbonyl (C=O) groups is 2. The Balaban J connectivity index is 1.79. The van der Waals surface area contributed by atoms with Gasteiger partial charge in [0, 0.05) is 24.4 Å². The Kier molecular flexibility index (Phi) is 5.88. The van der Waals surface area contributed by atoms with Gasteiger partial charge in [0.05, 0.1) is 12.7 Å². The molecule has 1 fully saturated rings. The number of thiazole rings is 1. The average Bonchev–Trinajstić information content (AvgIpc) is 3.16. The molecule has 2 aromatic rings. The molecule has 3 rings (SSSR count). The molecule has 1 atom stereocenters. The van der Waals surface area contributed by atoms with E-state index in [0.717, 1.165) is 35.6 Å². The first-order valence-corrected chi connectivity index (χ1v) is 9.60. The molecule has 7 heteroatoms. The fourth-order valence-corrected chi connectivity index (χ4v) is 4.15. The highest BCUT2D eigenvalue weighted by atomic mass is 32.1. The zero-order valence-corrected chi connectivity index (χ0v) is 15.5. The van der Waals surface area contributed by atoms with Crippen molar-refractivity contribution in [1.82, 2.24) is 9.88 Å². The molecule has 1 amide bonds. The number of piperidine rings is 1. The minimum Gasteiger partial charge on any atom is -0.496 e. The van der Waals surface area contributed by atoms with Crippen LogP contribution in [0.1, 0.15) is 42.6 Å². The number of carboxylic acid groups (broad SMARTS) is 1. The lowest BCUT2D eigenvalue weighted by Gasteiger charge is -2.35. The summed E-state index contributed by atoms with van der Waals surface area (Å²) in [5.74, 6) is -0.217. The molecule has 1 aromatic heterocycles. The maximum absolute atomic E-state index is 12.9. The van der Waals surface area contributed by atoms with Crippen LogP contribution in [0.3, 0.4) is 0 Å². The van der Waals surface area contributed by atoms with E-state index in [1.165, 1.54) is 11.3 Å². The summed E-state index contributed by atoms with van der Waals surface area (Å²) in [6.07, 6.45) is 3.39. The van der Waals surface area contributed by atoms with E-state index in [4.69, 9.17) is 9.84 Å². The van der Waals surface area contributed by atoms with E-state index >= 15 is 0 Å². The second-order valence-corrected chi connectivity index (χ2v) is 7.18. The molecule has 1 saturated heterocycles. The highest BCUT2D eigenvalue weighted by Gasteiger charge is 2.29. The SMILES string of the molecule is COc1ccccc1-c1nc(C(=O)N2CCCCC2CCC(=O)O)cs1. The van der Waals surface area contributed by atoms with Crippen molar-refractivity contribution in [2.24, 2.45) is 0 Å². The first kappa shape index (κ1) is 18.4. The van der Waals surface area contributed by atoms with Crippen molar-refractivity contribution in [3.63, 3.8) is 0 Å². The van der Waals surface area contributed by atoms with Crippen LogP contribution in [0, 0.1) is 0 Å². The number of para-hydroxylation sites is 1. The Morgan fingerprint density at radius 1 is 1.35 bits per heavy atom. The Hall–Kier alpha value is -2.41.